The van der Waals surface area contributed by atoms with E-state index in [9.17, 15) is 14.4 Å². The molecule has 1 saturated heterocycles. The number of nitrogens with zero attached hydrogens (tertiary/aromatic N) is 2. The van der Waals surface area contributed by atoms with Gasteiger partial charge in [0.05, 0.1) is 24.3 Å². The van der Waals surface area contributed by atoms with Crippen LogP contribution in [-0.2, 0) is 16.1 Å². The first-order valence-electron chi connectivity index (χ1n) is 11.6. The number of thiazole rings is 1. The van der Waals surface area contributed by atoms with Gasteiger partial charge in [-0.3, -0.25) is 14.4 Å². The van der Waals surface area contributed by atoms with Crippen LogP contribution in [0.15, 0.2) is 59.4 Å². The summed E-state index contributed by atoms with van der Waals surface area (Å²) in [5.74, 6) is -0.458. The molecule has 8 nitrogen and oxygen atoms in total. The van der Waals surface area contributed by atoms with Crippen molar-refractivity contribution in [1.29, 1.82) is 0 Å². The first-order chi connectivity index (χ1) is 17.1. The number of rotatable bonds is 1. The molecule has 9 heteroatoms. The number of benzene rings is 2. The molecule has 2 N–H and O–H groups in total. The van der Waals surface area contributed by atoms with Crippen molar-refractivity contribution in [2.45, 2.75) is 31.6 Å². The highest BCUT2D eigenvalue weighted by molar-refractivity contribution is 7.07. The van der Waals surface area contributed by atoms with Gasteiger partial charge in [0.2, 0.25) is 5.91 Å². The quantitative estimate of drug-likeness (QED) is 0.546. The molecule has 1 aromatic heterocycles. The number of amides is 3. The van der Waals surface area contributed by atoms with Gasteiger partial charge in [0.15, 0.2) is 0 Å². The van der Waals surface area contributed by atoms with Gasteiger partial charge in [0, 0.05) is 37.0 Å². The lowest BCUT2D eigenvalue weighted by atomic mass is 10.0. The van der Waals surface area contributed by atoms with Crippen LogP contribution in [0.2, 0.25) is 0 Å². The van der Waals surface area contributed by atoms with Crippen LogP contribution in [-0.4, -0.2) is 59.4 Å². The maximum Gasteiger partial charge on any atom is 0.273 e. The van der Waals surface area contributed by atoms with Crippen molar-refractivity contribution in [3.05, 3.63) is 76.2 Å². The molecule has 5 rings (SSSR count). The van der Waals surface area contributed by atoms with Crippen LogP contribution in [0.1, 0.15) is 39.3 Å². The van der Waals surface area contributed by atoms with Crippen molar-refractivity contribution in [2.24, 2.45) is 0 Å². The Labute approximate surface area is 207 Å². The molecule has 3 heterocycles. The maximum absolute atomic E-state index is 12.9. The Morgan fingerprint density at radius 1 is 1.06 bits per heavy atom. The van der Waals surface area contributed by atoms with Gasteiger partial charge in [0.1, 0.15) is 5.69 Å². The minimum Gasteiger partial charge on any atom is -0.369 e. The summed E-state index contributed by atoms with van der Waals surface area (Å²) in [5, 5.41) is 7.66. The van der Waals surface area contributed by atoms with E-state index >= 15 is 0 Å². The molecule has 3 amide bonds. The Bertz CT molecular complexity index is 1230. The average molecular weight is 491 g/mol. The number of aromatic nitrogens is 1. The summed E-state index contributed by atoms with van der Waals surface area (Å²) in [4.78, 5) is 43.9. The van der Waals surface area contributed by atoms with Crippen LogP contribution in [0.25, 0.3) is 11.1 Å². The Kier molecular flexibility index (Phi) is 6.87. The predicted molar refractivity (Wildman–Crippen MR) is 132 cm³/mol. The number of ether oxygens (including phenoxy) is 1. The second kappa shape index (κ2) is 10.4. The zero-order chi connectivity index (χ0) is 24.2. The molecule has 2 aliphatic heterocycles. The summed E-state index contributed by atoms with van der Waals surface area (Å²) >= 11 is 1.37. The minimum atomic E-state index is -0.344. The van der Waals surface area contributed by atoms with Gasteiger partial charge in [-0.05, 0) is 41.3 Å². The summed E-state index contributed by atoms with van der Waals surface area (Å²) in [6.45, 7) is 1.46. The number of carbonyl (C=O) groups excluding carboxylic acids is 3. The Hall–Kier alpha value is -3.56. The second-order valence-corrected chi connectivity index (χ2v) is 9.47. The normalized spacial score (nSPS) is 21.0. The van der Waals surface area contributed by atoms with Gasteiger partial charge in [-0.25, -0.2) is 4.98 Å². The van der Waals surface area contributed by atoms with Crippen molar-refractivity contribution in [3.63, 3.8) is 0 Å². The molecular weight excluding hydrogens is 464 g/mol. The molecule has 2 aliphatic rings. The van der Waals surface area contributed by atoms with E-state index in [-0.39, 0.29) is 36.3 Å². The monoisotopic (exact) mass is 490 g/mol. The van der Waals surface area contributed by atoms with Gasteiger partial charge in [-0.15, -0.1) is 11.3 Å². The molecule has 35 heavy (non-hydrogen) atoms. The van der Waals surface area contributed by atoms with E-state index in [0.29, 0.717) is 43.9 Å². The van der Waals surface area contributed by atoms with Crippen LogP contribution >= 0.6 is 11.3 Å². The van der Waals surface area contributed by atoms with Crippen molar-refractivity contribution in [2.75, 3.05) is 19.6 Å². The largest absolute Gasteiger partial charge is 0.369 e. The van der Waals surface area contributed by atoms with Crippen molar-refractivity contribution in [1.82, 2.24) is 20.5 Å². The third-order valence-corrected chi connectivity index (χ3v) is 6.85. The summed E-state index contributed by atoms with van der Waals surface area (Å²) in [7, 11) is 0. The Balaban J connectivity index is 1.39. The highest BCUT2D eigenvalue weighted by Crippen LogP contribution is 2.24. The fraction of sp³-hybridized carbons (Fsp3) is 0.308. The zero-order valence-corrected chi connectivity index (χ0v) is 19.9. The maximum atomic E-state index is 12.9. The van der Waals surface area contributed by atoms with Crippen molar-refractivity contribution >= 4 is 29.1 Å². The van der Waals surface area contributed by atoms with E-state index in [4.69, 9.17) is 4.74 Å². The summed E-state index contributed by atoms with van der Waals surface area (Å²) in [6.07, 6.45) is 0.436. The first-order valence-corrected chi connectivity index (χ1v) is 12.6. The Morgan fingerprint density at radius 2 is 1.86 bits per heavy atom. The van der Waals surface area contributed by atoms with E-state index in [1.54, 1.807) is 21.9 Å². The van der Waals surface area contributed by atoms with E-state index in [0.717, 1.165) is 16.7 Å². The van der Waals surface area contributed by atoms with Crippen LogP contribution < -0.4 is 10.6 Å². The topological polar surface area (TPSA) is 101 Å². The molecule has 0 unspecified atom stereocenters. The smallest absolute Gasteiger partial charge is 0.273 e. The van der Waals surface area contributed by atoms with Crippen molar-refractivity contribution < 1.29 is 19.1 Å². The molecule has 4 bridgehead atoms. The molecule has 0 spiro atoms. The molecular formula is C26H26N4O4S. The van der Waals surface area contributed by atoms with E-state index < -0.39 is 0 Å². The predicted octanol–water partition coefficient (Wildman–Crippen LogP) is 2.86. The minimum absolute atomic E-state index is 0.130. The molecule has 180 valence electrons. The summed E-state index contributed by atoms with van der Waals surface area (Å²) in [5.41, 5.74) is 5.52. The number of hydrogen-bond donors (Lipinski definition) is 2. The molecule has 0 saturated carbocycles. The first kappa shape index (κ1) is 23.2. The lowest BCUT2D eigenvalue weighted by Gasteiger charge is -2.20. The van der Waals surface area contributed by atoms with Gasteiger partial charge < -0.3 is 20.3 Å². The van der Waals surface area contributed by atoms with Gasteiger partial charge in [-0.1, -0.05) is 30.3 Å². The Morgan fingerprint density at radius 3 is 2.69 bits per heavy atom. The summed E-state index contributed by atoms with van der Waals surface area (Å²) < 4.78 is 6.26. The average Bonchev–Trinajstić information content (AvgIpc) is 3.55. The third-order valence-electron chi connectivity index (χ3n) is 6.27. The van der Waals surface area contributed by atoms with Gasteiger partial charge in [-0.2, -0.15) is 0 Å². The number of fused-ring (bicyclic) bond motifs is 6. The van der Waals surface area contributed by atoms with Gasteiger partial charge >= 0.3 is 0 Å². The number of hydrogen-bond acceptors (Lipinski definition) is 6. The van der Waals surface area contributed by atoms with E-state index in [2.05, 4.69) is 15.6 Å². The van der Waals surface area contributed by atoms with Crippen LogP contribution in [0.4, 0.5) is 0 Å². The molecule has 2 aromatic carbocycles. The lowest BCUT2D eigenvalue weighted by Crippen LogP contribution is -2.44. The van der Waals surface area contributed by atoms with Crippen LogP contribution in [0.3, 0.4) is 0 Å². The highest BCUT2D eigenvalue weighted by Gasteiger charge is 2.37. The highest BCUT2D eigenvalue weighted by atomic mass is 32.1. The lowest BCUT2D eigenvalue weighted by molar-refractivity contribution is -0.122. The zero-order valence-electron chi connectivity index (χ0n) is 19.1. The molecule has 0 aliphatic carbocycles. The number of likely N-dealkylation sites (tertiary alicyclic amines) is 1. The SMILES string of the molecule is O=C1CCCNC(=O)c2cccc(c2)-c2cccc(c2)CO[C@H]2CN(C(=O)c3cscn3)C[C@@H]2N1. The summed E-state index contributed by atoms with van der Waals surface area (Å²) in [6, 6.07) is 15.2. The third kappa shape index (κ3) is 5.41. The molecule has 3 aromatic rings. The van der Waals surface area contributed by atoms with Gasteiger partial charge in [0.25, 0.3) is 11.8 Å². The fourth-order valence-corrected chi connectivity index (χ4v) is 4.97. The van der Waals surface area contributed by atoms with E-state index in [1.807, 2.05) is 42.5 Å². The number of nitrogens with one attached hydrogen (secondary N) is 2. The molecule has 2 atom stereocenters. The molecule has 0 radical (unpaired) electrons. The van der Waals surface area contributed by atoms with Crippen molar-refractivity contribution in [3.8, 4) is 11.1 Å². The fourth-order valence-electron chi connectivity index (χ4n) is 4.44. The second-order valence-electron chi connectivity index (χ2n) is 8.75. The standard InChI is InChI=1S/C26H26N4O4S/c31-24-8-3-9-27-25(32)20-7-2-6-19(11-20)18-5-1-4-17(10-18)14-34-23-13-30(12-21(23)29-24)26(33)22-15-35-16-28-22/h1-2,4-7,10-11,15-16,21,23H,3,8-9,12-14H2,(H,27,32)(H,29,31)/t21-,23-/m0/s1. The molecule has 1 fully saturated rings. The van der Waals surface area contributed by atoms with E-state index in [1.165, 1.54) is 11.3 Å². The van der Waals surface area contributed by atoms with Crippen LogP contribution in [0.5, 0.6) is 0 Å². The van der Waals surface area contributed by atoms with Crippen LogP contribution in [0, 0.1) is 0 Å². The number of carbonyl (C=O) groups is 3.